The minimum atomic E-state index is -0.488. The van der Waals surface area contributed by atoms with E-state index >= 15 is 0 Å². The molecule has 0 bridgehead atoms. The van der Waals surface area contributed by atoms with Crippen molar-refractivity contribution in [1.29, 1.82) is 0 Å². The summed E-state index contributed by atoms with van der Waals surface area (Å²) in [5.74, 6) is -0.786. The third kappa shape index (κ3) is 3.06. The van der Waals surface area contributed by atoms with Gasteiger partial charge in [0.2, 0.25) is 0 Å². The van der Waals surface area contributed by atoms with E-state index in [4.69, 9.17) is 11.6 Å². The molecule has 0 fully saturated rings. The van der Waals surface area contributed by atoms with Crippen LogP contribution in [0.3, 0.4) is 0 Å². The maximum Gasteiger partial charge on any atom is 0.266 e. The van der Waals surface area contributed by atoms with Gasteiger partial charge >= 0.3 is 0 Å². The number of carbonyl (C=O) groups excluding carboxylic acids is 1. The lowest BCUT2D eigenvalue weighted by Crippen LogP contribution is -2.10. The Balaban J connectivity index is 2.21. The van der Waals surface area contributed by atoms with Crippen molar-refractivity contribution < 1.29 is 9.18 Å². The van der Waals surface area contributed by atoms with Gasteiger partial charge in [-0.25, -0.2) is 4.39 Å². The number of thiophene rings is 1. The molecule has 17 heavy (non-hydrogen) atoms. The van der Waals surface area contributed by atoms with Gasteiger partial charge in [0.25, 0.3) is 5.91 Å². The summed E-state index contributed by atoms with van der Waals surface area (Å²) < 4.78 is 13.8. The Bertz CT molecular complexity index is 552. The van der Waals surface area contributed by atoms with Crippen molar-refractivity contribution in [3.8, 4) is 0 Å². The van der Waals surface area contributed by atoms with Crippen LogP contribution in [-0.4, -0.2) is 5.91 Å². The SMILES string of the molecule is O=C(Nc1cc(F)cc(Cl)c1)c1sccc1Br. The van der Waals surface area contributed by atoms with Gasteiger partial charge in [-0.2, -0.15) is 0 Å². The second-order valence-electron chi connectivity index (χ2n) is 3.21. The zero-order valence-corrected chi connectivity index (χ0v) is 11.5. The average Bonchev–Trinajstić information content (AvgIpc) is 2.62. The van der Waals surface area contributed by atoms with Crippen LogP contribution in [0.1, 0.15) is 9.67 Å². The zero-order chi connectivity index (χ0) is 12.4. The van der Waals surface area contributed by atoms with E-state index in [0.717, 1.165) is 0 Å². The van der Waals surface area contributed by atoms with Gasteiger partial charge in [0, 0.05) is 15.2 Å². The maximum absolute atomic E-state index is 13.1. The van der Waals surface area contributed by atoms with E-state index in [9.17, 15) is 9.18 Å². The van der Waals surface area contributed by atoms with Crippen LogP contribution in [0.15, 0.2) is 34.1 Å². The van der Waals surface area contributed by atoms with Crippen molar-refractivity contribution in [1.82, 2.24) is 0 Å². The molecule has 6 heteroatoms. The number of anilines is 1. The fourth-order valence-electron chi connectivity index (χ4n) is 1.27. The lowest BCUT2D eigenvalue weighted by molar-refractivity contribution is 0.103. The molecule has 0 atom stereocenters. The zero-order valence-electron chi connectivity index (χ0n) is 8.34. The normalized spacial score (nSPS) is 10.3. The quantitative estimate of drug-likeness (QED) is 0.857. The molecule has 2 aromatic rings. The Morgan fingerprint density at radius 1 is 1.41 bits per heavy atom. The largest absolute Gasteiger partial charge is 0.321 e. The lowest BCUT2D eigenvalue weighted by atomic mass is 10.3. The van der Waals surface area contributed by atoms with Crippen molar-refractivity contribution in [2.24, 2.45) is 0 Å². The predicted octanol–water partition coefficient (Wildman–Crippen LogP) is 4.56. The fourth-order valence-corrected chi connectivity index (χ4v) is 2.94. The maximum atomic E-state index is 13.1. The van der Waals surface area contributed by atoms with Crippen LogP contribution in [0.25, 0.3) is 0 Å². The van der Waals surface area contributed by atoms with Crippen molar-refractivity contribution >= 4 is 50.5 Å². The molecule has 1 amide bonds. The minimum absolute atomic E-state index is 0.241. The molecule has 1 aromatic carbocycles. The third-order valence-electron chi connectivity index (χ3n) is 1.94. The molecule has 0 spiro atoms. The number of hydrogen-bond acceptors (Lipinski definition) is 2. The molecule has 88 valence electrons. The number of benzene rings is 1. The summed E-state index contributed by atoms with van der Waals surface area (Å²) in [6.45, 7) is 0. The van der Waals surface area contributed by atoms with Crippen LogP contribution in [0, 0.1) is 5.82 Å². The van der Waals surface area contributed by atoms with Crippen molar-refractivity contribution in [2.45, 2.75) is 0 Å². The Kier molecular flexibility index (Phi) is 3.81. The van der Waals surface area contributed by atoms with Crippen LogP contribution in [0.4, 0.5) is 10.1 Å². The highest BCUT2D eigenvalue weighted by molar-refractivity contribution is 9.10. The van der Waals surface area contributed by atoms with Gasteiger partial charge in [-0.1, -0.05) is 11.6 Å². The van der Waals surface area contributed by atoms with Gasteiger partial charge in [-0.05, 0) is 45.6 Å². The summed E-state index contributed by atoms with van der Waals surface area (Å²) in [6, 6.07) is 5.66. The third-order valence-corrected chi connectivity index (χ3v) is 4.00. The standard InChI is InChI=1S/C11H6BrClFNOS/c12-9-1-2-17-10(9)11(16)15-8-4-6(13)3-7(14)5-8/h1-5H,(H,15,16). The summed E-state index contributed by atoms with van der Waals surface area (Å²) in [6.07, 6.45) is 0. The first-order valence-corrected chi connectivity index (χ1v) is 6.62. The molecular weight excluding hydrogens is 329 g/mol. The Labute approximate surface area is 115 Å². The van der Waals surface area contributed by atoms with Crippen molar-refractivity contribution in [2.75, 3.05) is 5.32 Å². The minimum Gasteiger partial charge on any atom is -0.321 e. The molecule has 0 saturated carbocycles. The number of nitrogens with one attached hydrogen (secondary N) is 1. The predicted molar refractivity (Wildman–Crippen MR) is 71.4 cm³/mol. The number of rotatable bonds is 2. The van der Waals surface area contributed by atoms with E-state index in [-0.39, 0.29) is 10.9 Å². The number of amides is 1. The van der Waals surface area contributed by atoms with E-state index < -0.39 is 5.82 Å². The molecule has 0 aliphatic rings. The van der Waals surface area contributed by atoms with Crippen LogP contribution in [-0.2, 0) is 0 Å². The Morgan fingerprint density at radius 3 is 2.76 bits per heavy atom. The Hall–Kier alpha value is -0.910. The topological polar surface area (TPSA) is 29.1 Å². The molecule has 0 radical (unpaired) electrons. The fraction of sp³-hybridized carbons (Fsp3) is 0. The van der Waals surface area contributed by atoms with Gasteiger partial charge in [0.1, 0.15) is 10.7 Å². The Morgan fingerprint density at radius 2 is 2.18 bits per heavy atom. The second kappa shape index (κ2) is 5.16. The van der Waals surface area contributed by atoms with Gasteiger partial charge in [0.05, 0.1) is 0 Å². The van der Waals surface area contributed by atoms with Gasteiger partial charge in [0.15, 0.2) is 0 Å². The highest BCUT2D eigenvalue weighted by Crippen LogP contribution is 2.24. The molecule has 2 nitrogen and oxygen atoms in total. The first-order chi connectivity index (χ1) is 8.06. The monoisotopic (exact) mass is 333 g/mol. The number of hydrogen-bond donors (Lipinski definition) is 1. The van der Waals surface area contributed by atoms with E-state index in [1.807, 2.05) is 0 Å². The molecule has 1 N–H and O–H groups in total. The van der Waals surface area contributed by atoms with Gasteiger partial charge in [-0.15, -0.1) is 11.3 Å². The highest BCUT2D eigenvalue weighted by atomic mass is 79.9. The van der Waals surface area contributed by atoms with Crippen LogP contribution >= 0.6 is 38.9 Å². The smallest absolute Gasteiger partial charge is 0.266 e. The average molecular weight is 335 g/mol. The highest BCUT2D eigenvalue weighted by Gasteiger charge is 2.12. The summed E-state index contributed by atoms with van der Waals surface area (Å²) in [7, 11) is 0. The van der Waals surface area contributed by atoms with Gasteiger partial charge < -0.3 is 5.32 Å². The molecule has 0 aliphatic carbocycles. The summed E-state index contributed by atoms with van der Waals surface area (Å²) >= 11 is 10.3. The first-order valence-electron chi connectivity index (χ1n) is 4.56. The summed E-state index contributed by atoms with van der Waals surface area (Å²) in [5, 5.41) is 4.61. The van der Waals surface area contributed by atoms with Crippen LogP contribution < -0.4 is 5.32 Å². The van der Waals surface area contributed by atoms with Crippen LogP contribution in [0.2, 0.25) is 5.02 Å². The van der Waals surface area contributed by atoms with Crippen molar-refractivity contribution in [3.63, 3.8) is 0 Å². The van der Waals surface area contributed by atoms with E-state index in [0.29, 0.717) is 15.0 Å². The van der Waals surface area contributed by atoms with E-state index in [2.05, 4.69) is 21.2 Å². The molecule has 0 unspecified atom stereocenters. The molecule has 0 aliphatic heterocycles. The molecule has 2 rings (SSSR count). The van der Waals surface area contributed by atoms with Crippen molar-refractivity contribution in [3.05, 3.63) is 49.8 Å². The van der Waals surface area contributed by atoms with E-state index in [1.165, 1.54) is 29.5 Å². The molecule has 0 saturated heterocycles. The molecular formula is C11H6BrClFNOS. The van der Waals surface area contributed by atoms with E-state index in [1.54, 1.807) is 11.4 Å². The lowest BCUT2D eigenvalue weighted by Gasteiger charge is -2.04. The number of carbonyl (C=O) groups is 1. The number of halogens is 3. The van der Waals surface area contributed by atoms with Crippen LogP contribution in [0.5, 0.6) is 0 Å². The molecule has 1 heterocycles. The second-order valence-corrected chi connectivity index (χ2v) is 5.42. The van der Waals surface area contributed by atoms with Gasteiger partial charge in [-0.3, -0.25) is 4.79 Å². The molecule has 1 aromatic heterocycles. The summed E-state index contributed by atoms with van der Waals surface area (Å²) in [5.41, 5.74) is 0.334. The summed E-state index contributed by atoms with van der Waals surface area (Å²) in [4.78, 5) is 12.4. The first kappa shape index (κ1) is 12.5.